The lowest BCUT2D eigenvalue weighted by Gasteiger charge is -2.03. The van der Waals surface area contributed by atoms with Gasteiger partial charge in [-0.05, 0) is 12.1 Å². The third-order valence-electron chi connectivity index (χ3n) is 1.62. The SMILES string of the molecule is CC(=O)NCc1ccc(Cl)c(C(=O)O)n1. The Morgan fingerprint density at radius 2 is 2.20 bits per heavy atom. The molecule has 1 rings (SSSR count). The van der Waals surface area contributed by atoms with Crippen LogP contribution in [0.3, 0.4) is 0 Å². The van der Waals surface area contributed by atoms with Crippen LogP contribution in [-0.4, -0.2) is 22.0 Å². The number of amides is 1. The molecule has 0 saturated carbocycles. The molecule has 0 aromatic carbocycles. The van der Waals surface area contributed by atoms with E-state index < -0.39 is 5.97 Å². The molecule has 0 aliphatic carbocycles. The molecule has 0 aliphatic rings. The van der Waals surface area contributed by atoms with Crippen LogP contribution >= 0.6 is 11.6 Å². The number of hydrogen-bond acceptors (Lipinski definition) is 3. The molecule has 0 radical (unpaired) electrons. The Balaban J connectivity index is 2.87. The van der Waals surface area contributed by atoms with E-state index in [2.05, 4.69) is 10.3 Å². The maximum atomic E-state index is 10.7. The highest BCUT2D eigenvalue weighted by atomic mass is 35.5. The maximum Gasteiger partial charge on any atom is 0.356 e. The Morgan fingerprint density at radius 1 is 1.53 bits per heavy atom. The van der Waals surface area contributed by atoms with Gasteiger partial charge in [-0.25, -0.2) is 9.78 Å². The van der Waals surface area contributed by atoms with E-state index in [4.69, 9.17) is 16.7 Å². The molecule has 0 spiro atoms. The van der Waals surface area contributed by atoms with Crippen molar-refractivity contribution in [2.45, 2.75) is 13.5 Å². The number of aromatic carboxylic acids is 1. The molecule has 2 N–H and O–H groups in total. The third-order valence-corrected chi connectivity index (χ3v) is 1.93. The maximum absolute atomic E-state index is 10.7. The van der Waals surface area contributed by atoms with Crippen molar-refractivity contribution in [3.8, 4) is 0 Å². The average Bonchev–Trinajstić information content (AvgIpc) is 2.16. The molecule has 15 heavy (non-hydrogen) atoms. The van der Waals surface area contributed by atoms with E-state index in [0.717, 1.165) is 0 Å². The van der Waals surface area contributed by atoms with Crippen LogP contribution in [0.15, 0.2) is 12.1 Å². The number of aromatic nitrogens is 1. The molecule has 1 heterocycles. The predicted octanol–water partition coefficient (Wildman–Crippen LogP) is 1.07. The fraction of sp³-hybridized carbons (Fsp3) is 0.222. The minimum absolute atomic E-state index is 0.0778. The lowest BCUT2D eigenvalue weighted by molar-refractivity contribution is -0.119. The number of rotatable bonds is 3. The molecule has 0 unspecified atom stereocenters. The van der Waals surface area contributed by atoms with Gasteiger partial charge < -0.3 is 10.4 Å². The minimum Gasteiger partial charge on any atom is -0.476 e. The number of pyridine rings is 1. The Labute approximate surface area is 91.1 Å². The summed E-state index contributed by atoms with van der Waals surface area (Å²) in [5.41, 5.74) is 0.242. The van der Waals surface area contributed by atoms with Crippen molar-refractivity contribution in [2.24, 2.45) is 0 Å². The predicted molar refractivity (Wildman–Crippen MR) is 53.7 cm³/mol. The molecule has 0 fully saturated rings. The summed E-state index contributed by atoms with van der Waals surface area (Å²) in [6, 6.07) is 3.00. The highest BCUT2D eigenvalue weighted by Crippen LogP contribution is 2.13. The van der Waals surface area contributed by atoms with Gasteiger partial charge in [-0.3, -0.25) is 4.79 Å². The molecule has 0 saturated heterocycles. The number of nitrogens with one attached hydrogen (secondary N) is 1. The minimum atomic E-state index is -1.19. The highest BCUT2D eigenvalue weighted by Gasteiger charge is 2.11. The van der Waals surface area contributed by atoms with Gasteiger partial charge in [-0.2, -0.15) is 0 Å². The number of carbonyl (C=O) groups excluding carboxylic acids is 1. The van der Waals surface area contributed by atoms with E-state index in [-0.39, 0.29) is 23.2 Å². The molecule has 1 aromatic heterocycles. The smallest absolute Gasteiger partial charge is 0.356 e. The van der Waals surface area contributed by atoms with Gasteiger partial charge in [0.05, 0.1) is 17.3 Å². The summed E-state index contributed by atoms with van der Waals surface area (Å²) in [5.74, 6) is -1.40. The van der Waals surface area contributed by atoms with Crippen molar-refractivity contribution in [1.82, 2.24) is 10.3 Å². The van der Waals surface area contributed by atoms with Gasteiger partial charge in [0, 0.05) is 6.92 Å². The normalized spacial score (nSPS) is 9.73. The molecule has 5 nitrogen and oxygen atoms in total. The lowest BCUT2D eigenvalue weighted by Crippen LogP contribution is -2.20. The molecule has 6 heteroatoms. The highest BCUT2D eigenvalue weighted by molar-refractivity contribution is 6.33. The first-order valence-corrected chi connectivity index (χ1v) is 4.51. The van der Waals surface area contributed by atoms with Crippen LogP contribution in [0.5, 0.6) is 0 Å². The number of carboxylic acid groups (broad SMARTS) is 1. The van der Waals surface area contributed by atoms with Gasteiger partial charge in [0.2, 0.25) is 5.91 Å². The van der Waals surface area contributed by atoms with Gasteiger partial charge in [-0.1, -0.05) is 11.6 Å². The van der Waals surface area contributed by atoms with Crippen LogP contribution < -0.4 is 5.32 Å². The summed E-state index contributed by atoms with van der Waals surface area (Å²) in [6.45, 7) is 1.56. The topological polar surface area (TPSA) is 79.3 Å². The van der Waals surface area contributed by atoms with Crippen LogP contribution in [0.2, 0.25) is 5.02 Å². The Kier molecular flexibility index (Phi) is 3.62. The van der Waals surface area contributed by atoms with Crippen LogP contribution in [0.25, 0.3) is 0 Å². The average molecular weight is 229 g/mol. The summed E-state index contributed by atoms with van der Waals surface area (Å²) < 4.78 is 0. The van der Waals surface area contributed by atoms with E-state index in [1.54, 1.807) is 6.07 Å². The number of halogens is 1. The second-order valence-corrected chi connectivity index (χ2v) is 3.26. The van der Waals surface area contributed by atoms with Gasteiger partial charge in [-0.15, -0.1) is 0 Å². The van der Waals surface area contributed by atoms with Crippen molar-refractivity contribution in [2.75, 3.05) is 0 Å². The fourth-order valence-electron chi connectivity index (χ4n) is 0.946. The zero-order valence-corrected chi connectivity index (χ0v) is 8.71. The second-order valence-electron chi connectivity index (χ2n) is 2.85. The summed E-state index contributed by atoms with van der Waals surface area (Å²) >= 11 is 5.62. The summed E-state index contributed by atoms with van der Waals surface area (Å²) in [5, 5.41) is 11.3. The van der Waals surface area contributed by atoms with E-state index >= 15 is 0 Å². The fourth-order valence-corrected chi connectivity index (χ4v) is 1.13. The number of hydrogen-bond donors (Lipinski definition) is 2. The first-order chi connectivity index (χ1) is 7.00. The Bertz CT molecular complexity index is 406. The van der Waals surface area contributed by atoms with Crippen molar-refractivity contribution in [3.05, 3.63) is 28.5 Å². The molecule has 0 bridgehead atoms. The zero-order chi connectivity index (χ0) is 11.4. The van der Waals surface area contributed by atoms with E-state index in [9.17, 15) is 9.59 Å². The molecule has 0 atom stereocenters. The first-order valence-electron chi connectivity index (χ1n) is 4.14. The standard InChI is InChI=1S/C9H9ClN2O3/c1-5(13)11-4-6-2-3-7(10)8(12-6)9(14)15/h2-3H,4H2,1H3,(H,11,13)(H,14,15). The van der Waals surface area contributed by atoms with Gasteiger partial charge in [0.1, 0.15) is 0 Å². The molecule has 1 amide bonds. The van der Waals surface area contributed by atoms with Crippen molar-refractivity contribution in [1.29, 1.82) is 0 Å². The molecule has 80 valence electrons. The number of carbonyl (C=O) groups is 2. The molecular formula is C9H9ClN2O3. The molecule has 0 aliphatic heterocycles. The van der Waals surface area contributed by atoms with E-state index in [1.165, 1.54) is 13.0 Å². The van der Waals surface area contributed by atoms with E-state index in [1.807, 2.05) is 0 Å². The number of nitrogens with zero attached hydrogens (tertiary/aromatic N) is 1. The quantitative estimate of drug-likeness (QED) is 0.811. The van der Waals surface area contributed by atoms with Crippen LogP contribution in [-0.2, 0) is 11.3 Å². The second kappa shape index (κ2) is 4.75. The van der Waals surface area contributed by atoms with Crippen LogP contribution in [0.4, 0.5) is 0 Å². The van der Waals surface area contributed by atoms with Gasteiger partial charge >= 0.3 is 5.97 Å². The Hall–Kier alpha value is -1.62. The van der Waals surface area contributed by atoms with Crippen molar-refractivity contribution < 1.29 is 14.7 Å². The summed E-state index contributed by atoms with van der Waals surface area (Å²) in [4.78, 5) is 25.1. The lowest BCUT2D eigenvalue weighted by atomic mass is 10.3. The first kappa shape index (κ1) is 11.5. The third kappa shape index (κ3) is 3.21. The number of carboxylic acids is 1. The Morgan fingerprint density at radius 3 is 2.73 bits per heavy atom. The molecule has 1 aromatic rings. The summed E-state index contributed by atoms with van der Waals surface area (Å²) in [7, 11) is 0. The van der Waals surface area contributed by atoms with Gasteiger partial charge in [0.25, 0.3) is 0 Å². The van der Waals surface area contributed by atoms with Crippen LogP contribution in [0, 0.1) is 0 Å². The van der Waals surface area contributed by atoms with Crippen molar-refractivity contribution >= 4 is 23.5 Å². The largest absolute Gasteiger partial charge is 0.476 e. The van der Waals surface area contributed by atoms with E-state index in [0.29, 0.717) is 5.69 Å². The zero-order valence-electron chi connectivity index (χ0n) is 7.95. The van der Waals surface area contributed by atoms with Gasteiger partial charge in [0.15, 0.2) is 5.69 Å². The molecular weight excluding hydrogens is 220 g/mol. The monoisotopic (exact) mass is 228 g/mol. The summed E-state index contributed by atoms with van der Waals surface area (Å²) in [6.07, 6.45) is 0. The van der Waals surface area contributed by atoms with Crippen LogP contribution in [0.1, 0.15) is 23.1 Å². The van der Waals surface area contributed by atoms with Crippen molar-refractivity contribution in [3.63, 3.8) is 0 Å².